The Morgan fingerprint density at radius 2 is 1.87 bits per heavy atom. The quantitative estimate of drug-likeness (QED) is 0.651. The van der Waals surface area contributed by atoms with Crippen LogP contribution in [0.25, 0.3) is 0 Å². The molecule has 0 aromatic rings. The molecule has 8 nitrogen and oxygen atoms in total. The summed E-state index contributed by atoms with van der Waals surface area (Å²) in [4.78, 5) is 50.2. The molecule has 0 saturated carbocycles. The third-order valence-corrected chi connectivity index (χ3v) is 4.66. The number of amides is 4. The SMILES string of the molecule is CC(=O)N1CCCC12CCN([C@@H](CCC(N)=O)C(N)=O)C2=O.S. The van der Waals surface area contributed by atoms with Gasteiger partial charge in [-0.3, -0.25) is 19.2 Å². The Morgan fingerprint density at radius 3 is 2.39 bits per heavy atom. The lowest BCUT2D eigenvalue weighted by molar-refractivity contribution is -0.148. The Balaban J connectivity index is 0.00000264. The predicted molar refractivity (Wildman–Crippen MR) is 87.5 cm³/mol. The summed E-state index contributed by atoms with van der Waals surface area (Å²) in [5.41, 5.74) is 9.64. The Morgan fingerprint density at radius 1 is 1.22 bits per heavy atom. The summed E-state index contributed by atoms with van der Waals surface area (Å²) < 4.78 is 0. The molecule has 0 radical (unpaired) electrons. The highest BCUT2D eigenvalue weighted by atomic mass is 32.1. The average molecular weight is 344 g/mol. The van der Waals surface area contributed by atoms with Crippen molar-refractivity contribution >= 4 is 37.1 Å². The first-order valence-corrected chi connectivity index (χ1v) is 7.46. The topological polar surface area (TPSA) is 127 Å². The van der Waals surface area contributed by atoms with Gasteiger partial charge in [-0.15, -0.1) is 0 Å². The summed E-state index contributed by atoms with van der Waals surface area (Å²) in [5, 5.41) is 0. The number of primary amides is 2. The summed E-state index contributed by atoms with van der Waals surface area (Å²) in [6.07, 6.45) is 1.96. The van der Waals surface area contributed by atoms with Gasteiger partial charge in [0.2, 0.25) is 23.6 Å². The van der Waals surface area contributed by atoms with Gasteiger partial charge >= 0.3 is 0 Å². The Kier molecular flexibility index (Phi) is 6.04. The van der Waals surface area contributed by atoms with Crippen LogP contribution in [0.4, 0.5) is 0 Å². The molecular weight excluding hydrogens is 320 g/mol. The third kappa shape index (κ3) is 3.44. The van der Waals surface area contributed by atoms with E-state index >= 15 is 0 Å². The van der Waals surface area contributed by atoms with Crippen LogP contribution in [0.15, 0.2) is 0 Å². The van der Waals surface area contributed by atoms with Crippen LogP contribution in [-0.4, -0.2) is 58.1 Å². The van der Waals surface area contributed by atoms with Crippen molar-refractivity contribution in [3.8, 4) is 0 Å². The van der Waals surface area contributed by atoms with Gasteiger partial charge in [0.25, 0.3) is 0 Å². The monoisotopic (exact) mass is 344 g/mol. The molecule has 1 spiro atoms. The van der Waals surface area contributed by atoms with E-state index in [1.54, 1.807) is 4.90 Å². The molecule has 0 aliphatic carbocycles. The van der Waals surface area contributed by atoms with Crippen molar-refractivity contribution in [3.63, 3.8) is 0 Å². The molecule has 4 amide bonds. The maximum Gasteiger partial charge on any atom is 0.249 e. The Bertz CT molecular complexity index is 527. The molecule has 2 aliphatic heterocycles. The molecule has 0 aromatic carbocycles. The molecule has 2 heterocycles. The zero-order valence-electron chi connectivity index (χ0n) is 13.2. The van der Waals surface area contributed by atoms with Crippen LogP contribution in [0, 0.1) is 0 Å². The van der Waals surface area contributed by atoms with E-state index in [1.165, 1.54) is 11.8 Å². The molecule has 9 heteroatoms. The van der Waals surface area contributed by atoms with Gasteiger partial charge in [0.15, 0.2) is 0 Å². The van der Waals surface area contributed by atoms with E-state index in [9.17, 15) is 19.2 Å². The van der Waals surface area contributed by atoms with Gasteiger partial charge in [-0.1, -0.05) is 0 Å². The van der Waals surface area contributed by atoms with Gasteiger partial charge in [0.1, 0.15) is 11.6 Å². The van der Waals surface area contributed by atoms with Crippen LogP contribution in [0.5, 0.6) is 0 Å². The molecule has 23 heavy (non-hydrogen) atoms. The van der Waals surface area contributed by atoms with Gasteiger partial charge in [-0.25, -0.2) is 0 Å². The van der Waals surface area contributed by atoms with Crippen LogP contribution < -0.4 is 11.5 Å². The molecule has 0 aromatic heterocycles. The van der Waals surface area contributed by atoms with Gasteiger partial charge in [0.05, 0.1) is 0 Å². The van der Waals surface area contributed by atoms with Crippen molar-refractivity contribution < 1.29 is 19.2 Å². The van der Waals surface area contributed by atoms with E-state index in [0.29, 0.717) is 25.9 Å². The van der Waals surface area contributed by atoms with Crippen LogP contribution in [0.1, 0.15) is 39.0 Å². The number of nitrogens with zero attached hydrogens (tertiary/aromatic N) is 2. The molecule has 2 fully saturated rings. The minimum atomic E-state index is -0.853. The molecule has 2 rings (SSSR count). The van der Waals surface area contributed by atoms with E-state index in [-0.39, 0.29) is 38.2 Å². The maximum absolute atomic E-state index is 12.8. The minimum Gasteiger partial charge on any atom is -0.370 e. The van der Waals surface area contributed by atoms with Crippen molar-refractivity contribution in [1.82, 2.24) is 9.80 Å². The van der Waals surface area contributed by atoms with Crippen LogP contribution in [0.3, 0.4) is 0 Å². The fraction of sp³-hybridized carbons (Fsp3) is 0.714. The molecule has 130 valence electrons. The van der Waals surface area contributed by atoms with Gasteiger partial charge in [-0.2, -0.15) is 13.5 Å². The van der Waals surface area contributed by atoms with E-state index in [2.05, 4.69) is 0 Å². The summed E-state index contributed by atoms with van der Waals surface area (Å²) in [6, 6.07) is -0.853. The molecule has 0 bridgehead atoms. The molecular formula is C14H24N4O4S. The lowest BCUT2D eigenvalue weighted by Gasteiger charge is -2.34. The highest BCUT2D eigenvalue weighted by Gasteiger charge is 2.55. The molecule has 4 N–H and O–H groups in total. The first-order chi connectivity index (χ1) is 10.3. The number of likely N-dealkylation sites (tertiary alicyclic amines) is 2. The highest BCUT2D eigenvalue weighted by Crippen LogP contribution is 2.39. The van der Waals surface area contributed by atoms with E-state index in [1.807, 2.05) is 0 Å². The minimum absolute atomic E-state index is 0. The summed E-state index contributed by atoms with van der Waals surface area (Å²) in [6.45, 7) is 2.36. The van der Waals surface area contributed by atoms with Crippen molar-refractivity contribution in [2.45, 2.75) is 50.6 Å². The molecule has 2 atom stereocenters. The third-order valence-electron chi connectivity index (χ3n) is 4.66. The number of hydrogen-bond acceptors (Lipinski definition) is 4. The molecule has 2 saturated heterocycles. The second kappa shape index (κ2) is 7.20. The summed E-state index contributed by atoms with van der Waals surface area (Å²) in [7, 11) is 0. The summed E-state index contributed by atoms with van der Waals surface area (Å²) >= 11 is 0. The predicted octanol–water partition coefficient (Wildman–Crippen LogP) is -1.17. The van der Waals surface area contributed by atoms with Gasteiger partial charge in [-0.05, 0) is 25.7 Å². The van der Waals surface area contributed by atoms with Crippen molar-refractivity contribution in [3.05, 3.63) is 0 Å². The van der Waals surface area contributed by atoms with E-state index in [4.69, 9.17) is 11.5 Å². The maximum atomic E-state index is 12.8. The second-order valence-electron chi connectivity index (χ2n) is 5.98. The summed E-state index contributed by atoms with van der Waals surface area (Å²) in [5.74, 6) is -1.58. The standard InChI is InChI=1S/C14H22N4O4.H2S/c1-9(19)18-7-2-5-14(18)6-8-17(13(14)22)10(12(16)21)3-4-11(15)20;/h10H,2-8H2,1H3,(H2,15,20)(H2,16,21);1H2/t10-,14?;/m0./s1. The van der Waals surface area contributed by atoms with Crippen molar-refractivity contribution in [1.29, 1.82) is 0 Å². The lowest BCUT2D eigenvalue weighted by Crippen LogP contribution is -2.55. The second-order valence-corrected chi connectivity index (χ2v) is 5.98. The van der Waals surface area contributed by atoms with Crippen LogP contribution in [0.2, 0.25) is 0 Å². The van der Waals surface area contributed by atoms with E-state index < -0.39 is 23.4 Å². The zero-order chi connectivity index (χ0) is 16.5. The van der Waals surface area contributed by atoms with Crippen LogP contribution >= 0.6 is 13.5 Å². The van der Waals surface area contributed by atoms with Gasteiger partial charge < -0.3 is 21.3 Å². The molecule has 2 aliphatic rings. The fourth-order valence-electron chi connectivity index (χ4n) is 3.63. The fourth-order valence-corrected chi connectivity index (χ4v) is 3.63. The average Bonchev–Trinajstić information content (AvgIpc) is 2.98. The molecule has 1 unspecified atom stereocenters. The Labute approximate surface area is 142 Å². The van der Waals surface area contributed by atoms with Gasteiger partial charge in [0, 0.05) is 26.4 Å². The number of nitrogens with two attached hydrogens (primary N) is 2. The smallest absolute Gasteiger partial charge is 0.249 e. The Hall–Kier alpha value is -1.77. The zero-order valence-corrected chi connectivity index (χ0v) is 14.2. The number of carbonyl (C=O) groups excluding carboxylic acids is 4. The number of hydrogen-bond donors (Lipinski definition) is 2. The number of carbonyl (C=O) groups is 4. The van der Waals surface area contributed by atoms with Crippen LogP contribution in [-0.2, 0) is 19.2 Å². The lowest BCUT2D eigenvalue weighted by atomic mass is 9.94. The first kappa shape index (κ1) is 19.3. The largest absolute Gasteiger partial charge is 0.370 e. The number of rotatable bonds is 5. The first-order valence-electron chi connectivity index (χ1n) is 7.46. The van der Waals surface area contributed by atoms with E-state index in [0.717, 1.165) is 6.42 Å². The van der Waals surface area contributed by atoms with Crippen molar-refractivity contribution in [2.75, 3.05) is 13.1 Å². The normalized spacial score (nSPS) is 24.7. The highest BCUT2D eigenvalue weighted by molar-refractivity contribution is 7.59. The van der Waals surface area contributed by atoms with Crippen molar-refractivity contribution in [2.24, 2.45) is 11.5 Å².